The van der Waals surface area contributed by atoms with Crippen molar-refractivity contribution in [1.82, 2.24) is 14.8 Å². The fourth-order valence-corrected chi connectivity index (χ4v) is 2.06. The summed E-state index contributed by atoms with van der Waals surface area (Å²) < 4.78 is 0. The van der Waals surface area contributed by atoms with Gasteiger partial charge >= 0.3 is 12.0 Å². The van der Waals surface area contributed by atoms with Crippen LogP contribution in [0, 0.1) is 5.92 Å². The van der Waals surface area contributed by atoms with Gasteiger partial charge in [0.2, 0.25) is 0 Å². The summed E-state index contributed by atoms with van der Waals surface area (Å²) in [4.78, 5) is 30.1. The Morgan fingerprint density at radius 3 is 2.75 bits per heavy atom. The van der Waals surface area contributed by atoms with E-state index in [0.29, 0.717) is 19.0 Å². The Balaban J connectivity index is 1.96. The molecule has 0 saturated heterocycles. The number of pyridine rings is 1. The van der Waals surface area contributed by atoms with Crippen LogP contribution >= 0.6 is 0 Å². The van der Waals surface area contributed by atoms with E-state index in [-0.39, 0.29) is 12.6 Å². The lowest BCUT2D eigenvalue weighted by atomic mass is 10.3. The standard InChI is InChI=1S/C14H19N3O3/c1-16(8-12-3-2-6-15-7-12)14(20)17(10-13(18)19)9-11-4-5-11/h2-3,6-7,11H,4-5,8-10H2,1H3,(H,18,19). The van der Waals surface area contributed by atoms with E-state index in [1.807, 2.05) is 12.1 Å². The summed E-state index contributed by atoms with van der Waals surface area (Å²) in [5.41, 5.74) is 0.921. The third-order valence-electron chi connectivity index (χ3n) is 3.24. The molecule has 0 spiro atoms. The third kappa shape index (κ3) is 4.22. The second-order valence-corrected chi connectivity index (χ2v) is 5.22. The molecule has 1 aliphatic carbocycles. The smallest absolute Gasteiger partial charge is 0.323 e. The molecule has 1 aromatic rings. The molecule has 0 aromatic carbocycles. The number of carboxylic acid groups (broad SMARTS) is 1. The van der Waals surface area contributed by atoms with Gasteiger partial charge in [-0.1, -0.05) is 6.07 Å². The van der Waals surface area contributed by atoms with Crippen LogP contribution in [-0.2, 0) is 11.3 Å². The van der Waals surface area contributed by atoms with Crippen molar-refractivity contribution in [1.29, 1.82) is 0 Å². The van der Waals surface area contributed by atoms with E-state index in [1.165, 1.54) is 9.80 Å². The van der Waals surface area contributed by atoms with Gasteiger partial charge in [-0.2, -0.15) is 0 Å². The first-order valence-corrected chi connectivity index (χ1v) is 6.67. The number of carboxylic acids is 1. The molecule has 2 amide bonds. The zero-order valence-electron chi connectivity index (χ0n) is 11.5. The molecule has 1 fully saturated rings. The summed E-state index contributed by atoms with van der Waals surface area (Å²) in [6.07, 6.45) is 5.53. The van der Waals surface area contributed by atoms with Crippen LogP contribution in [0.4, 0.5) is 4.79 Å². The van der Waals surface area contributed by atoms with Crippen molar-refractivity contribution >= 4 is 12.0 Å². The van der Waals surface area contributed by atoms with Gasteiger partial charge in [0.25, 0.3) is 0 Å². The van der Waals surface area contributed by atoms with Crippen LogP contribution < -0.4 is 0 Å². The molecule has 0 radical (unpaired) electrons. The Bertz CT molecular complexity index is 474. The number of hydrogen-bond acceptors (Lipinski definition) is 3. The molecule has 0 aliphatic heterocycles. The maximum absolute atomic E-state index is 12.3. The molecule has 2 rings (SSSR count). The fraction of sp³-hybridized carbons (Fsp3) is 0.500. The second-order valence-electron chi connectivity index (χ2n) is 5.22. The zero-order chi connectivity index (χ0) is 14.5. The van der Waals surface area contributed by atoms with E-state index < -0.39 is 5.97 Å². The van der Waals surface area contributed by atoms with E-state index in [4.69, 9.17) is 5.11 Å². The summed E-state index contributed by atoms with van der Waals surface area (Å²) in [5.74, 6) is -0.515. The molecule has 0 unspecified atom stereocenters. The number of urea groups is 1. The first kappa shape index (κ1) is 14.3. The first-order chi connectivity index (χ1) is 9.56. The van der Waals surface area contributed by atoms with Crippen LogP contribution in [0.5, 0.6) is 0 Å². The lowest BCUT2D eigenvalue weighted by Gasteiger charge is -2.27. The summed E-state index contributed by atoms with van der Waals surface area (Å²) in [5, 5.41) is 8.92. The summed E-state index contributed by atoms with van der Waals surface area (Å²) in [6.45, 7) is 0.711. The van der Waals surface area contributed by atoms with Gasteiger partial charge in [0, 0.05) is 32.5 Å². The van der Waals surface area contributed by atoms with Gasteiger partial charge in [-0.15, -0.1) is 0 Å². The molecule has 1 saturated carbocycles. The van der Waals surface area contributed by atoms with Crippen LogP contribution in [0.15, 0.2) is 24.5 Å². The Kier molecular flexibility index (Phi) is 4.55. The molecule has 6 nitrogen and oxygen atoms in total. The molecule has 0 atom stereocenters. The minimum Gasteiger partial charge on any atom is -0.480 e. The highest BCUT2D eigenvalue weighted by molar-refractivity contribution is 5.80. The molecule has 6 heteroatoms. The van der Waals surface area contributed by atoms with Crippen LogP contribution in [0.3, 0.4) is 0 Å². The molecule has 1 aromatic heterocycles. The van der Waals surface area contributed by atoms with Crippen LogP contribution in [0.25, 0.3) is 0 Å². The number of amides is 2. The van der Waals surface area contributed by atoms with Gasteiger partial charge in [-0.25, -0.2) is 4.79 Å². The van der Waals surface area contributed by atoms with Crippen LogP contribution in [-0.4, -0.2) is 52.0 Å². The molecule has 108 valence electrons. The Morgan fingerprint density at radius 2 is 2.20 bits per heavy atom. The normalized spacial score (nSPS) is 13.8. The topological polar surface area (TPSA) is 73.7 Å². The summed E-state index contributed by atoms with van der Waals surface area (Å²) in [7, 11) is 1.68. The van der Waals surface area contributed by atoms with Crippen molar-refractivity contribution in [2.75, 3.05) is 20.1 Å². The van der Waals surface area contributed by atoms with Gasteiger partial charge in [-0.05, 0) is 30.4 Å². The van der Waals surface area contributed by atoms with Crippen molar-refractivity contribution in [3.8, 4) is 0 Å². The predicted octanol–water partition coefficient (Wildman–Crippen LogP) is 1.43. The molecule has 0 bridgehead atoms. The number of hydrogen-bond donors (Lipinski definition) is 1. The Labute approximate surface area is 118 Å². The SMILES string of the molecule is CN(Cc1cccnc1)C(=O)N(CC(=O)O)CC1CC1. The molecule has 1 aliphatic rings. The maximum atomic E-state index is 12.3. The number of nitrogens with zero attached hydrogens (tertiary/aromatic N) is 3. The lowest BCUT2D eigenvalue weighted by molar-refractivity contribution is -0.137. The van der Waals surface area contributed by atoms with Crippen molar-refractivity contribution < 1.29 is 14.7 Å². The Morgan fingerprint density at radius 1 is 1.45 bits per heavy atom. The quantitative estimate of drug-likeness (QED) is 0.853. The van der Waals surface area contributed by atoms with E-state index in [2.05, 4.69) is 4.98 Å². The number of aliphatic carboxylic acids is 1. The first-order valence-electron chi connectivity index (χ1n) is 6.67. The van der Waals surface area contributed by atoms with Crippen molar-refractivity contribution in [3.05, 3.63) is 30.1 Å². The molecular formula is C14H19N3O3. The average molecular weight is 277 g/mol. The summed E-state index contributed by atoms with van der Waals surface area (Å²) >= 11 is 0. The van der Waals surface area contributed by atoms with Crippen molar-refractivity contribution in [2.45, 2.75) is 19.4 Å². The fourth-order valence-electron chi connectivity index (χ4n) is 2.06. The van der Waals surface area contributed by atoms with Gasteiger partial charge in [0.05, 0.1) is 0 Å². The van der Waals surface area contributed by atoms with Crippen molar-refractivity contribution in [3.63, 3.8) is 0 Å². The number of carbonyl (C=O) groups excluding carboxylic acids is 1. The molecule has 20 heavy (non-hydrogen) atoms. The lowest BCUT2D eigenvalue weighted by Crippen LogP contribution is -2.44. The van der Waals surface area contributed by atoms with E-state index in [0.717, 1.165) is 18.4 Å². The predicted molar refractivity (Wildman–Crippen MR) is 73.0 cm³/mol. The number of carbonyl (C=O) groups is 2. The molecule has 1 heterocycles. The van der Waals surface area contributed by atoms with Crippen molar-refractivity contribution in [2.24, 2.45) is 5.92 Å². The molecular weight excluding hydrogens is 258 g/mol. The number of aromatic nitrogens is 1. The van der Waals surface area contributed by atoms with E-state index in [9.17, 15) is 9.59 Å². The maximum Gasteiger partial charge on any atom is 0.323 e. The van der Waals surface area contributed by atoms with Gasteiger partial charge in [-0.3, -0.25) is 9.78 Å². The highest BCUT2D eigenvalue weighted by Crippen LogP contribution is 2.29. The minimum atomic E-state index is -0.978. The Hall–Kier alpha value is -2.11. The van der Waals surface area contributed by atoms with Gasteiger partial charge < -0.3 is 14.9 Å². The van der Waals surface area contributed by atoms with E-state index >= 15 is 0 Å². The van der Waals surface area contributed by atoms with E-state index in [1.54, 1.807) is 19.4 Å². The second kappa shape index (κ2) is 6.36. The minimum absolute atomic E-state index is 0.243. The highest BCUT2D eigenvalue weighted by atomic mass is 16.4. The molecule has 1 N–H and O–H groups in total. The van der Waals surface area contributed by atoms with Crippen LogP contribution in [0.1, 0.15) is 18.4 Å². The summed E-state index contributed by atoms with van der Waals surface area (Å²) in [6, 6.07) is 3.45. The van der Waals surface area contributed by atoms with Gasteiger partial charge in [0.1, 0.15) is 6.54 Å². The highest BCUT2D eigenvalue weighted by Gasteiger charge is 2.29. The van der Waals surface area contributed by atoms with Gasteiger partial charge in [0.15, 0.2) is 0 Å². The zero-order valence-corrected chi connectivity index (χ0v) is 11.5. The largest absolute Gasteiger partial charge is 0.480 e. The monoisotopic (exact) mass is 277 g/mol. The average Bonchev–Trinajstić information content (AvgIpc) is 3.21. The van der Waals surface area contributed by atoms with Crippen LogP contribution in [0.2, 0.25) is 0 Å². The number of rotatable bonds is 6. The third-order valence-corrected chi connectivity index (χ3v) is 3.24.